The summed E-state index contributed by atoms with van der Waals surface area (Å²) in [4.78, 5) is 8.95. The number of nitrogens with zero attached hydrogens (tertiary/aromatic N) is 4. The zero-order valence-electron chi connectivity index (χ0n) is 18.3. The van der Waals surface area contributed by atoms with Gasteiger partial charge in [0.1, 0.15) is 23.5 Å². The molecule has 0 atom stereocenters. The number of hydrogen-bond donors (Lipinski definition) is 1. The molecule has 9 heteroatoms. The van der Waals surface area contributed by atoms with Crippen molar-refractivity contribution >= 4 is 52.1 Å². The van der Waals surface area contributed by atoms with Gasteiger partial charge in [0.25, 0.3) is 0 Å². The third kappa shape index (κ3) is 5.62. The molecule has 1 aliphatic rings. The van der Waals surface area contributed by atoms with Gasteiger partial charge in [0.15, 0.2) is 5.11 Å². The van der Waals surface area contributed by atoms with E-state index in [2.05, 4.69) is 16.3 Å². The molecule has 0 radical (unpaired) electrons. The van der Waals surface area contributed by atoms with Crippen molar-refractivity contribution in [3.8, 4) is 11.8 Å². The van der Waals surface area contributed by atoms with Crippen LogP contribution in [-0.4, -0.2) is 47.8 Å². The smallest absolute Gasteiger partial charge is 0.173 e. The number of anilines is 2. The number of halogens is 2. The third-order valence-electron chi connectivity index (χ3n) is 5.40. The van der Waals surface area contributed by atoms with E-state index in [9.17, 15) is 9.65 Å². The van der Waals surface area contributed by atoms with Gasteiger partial charge in [-0.1, -0.05) is 12.1 Å². The lowest BCUT2D eigenvalue weighted by Crippen LogP contribution is -2.38. The Hall–Kier alpha value is -3.15. The highest BCUT2D eigenvalue weighted by Gasteiger charge is 2.21. The van der Waals surface area contributed by atoms with Crippen LogP contribution < -0.4 is 15.0 Å². The molecule has 1 fully saturated rings. The second-order valence-corrected chi connectivity index (χ2v) is 7.88. The molecule has 0 unspecified atom stereocenters. The number of fused-ring (bicyclic) bond motifs is 1. The van der Waals surface area contributed by atoms with E-state index >= 15 is 0 Å². The van der Waals surface area contributed by atoms with Crippen LogP contribution in [0.2, 0.25) is 0 Å². The number of benzene rings is 2. The molecule has 1 saturated heterocycles. The molecular weight excluding hydrogens is 461 g/mol. The molecule has 4 rings (SSSR count). The van der Waals surface area contributed by atoms with Crippen LogP contribution in [0.4, 0.5) is 15.9 Å². The molecule has 0 aliphatic carbocycles. The van der Waals surface area contributed by atoms with Gasteiger partial charge >= 0.3 is 0 Å². The van der Waals surface area contributed by atoms with E-state index in [4.69, 9.17) is 21.9 Å². The maximum atomic E-state index is 14.0. The van der Waals surface area contributed by atoms with E-state index in [0.717, 1.165) is 36.2 Å². The number of ether oxygens (including phenoxy) is 1. The molecule has 1 aromatic heterocycles. The van der Waals surface area contributed by atoms with E-state index in [1.807, 2.05) is 36.1 Å². The minimum Gasteiger partial charge on any atom is -0.494 e. The van der Waals surface area contributed by atoms with Gasteiger partial charge in [-0.05, 0) is 62.0 Å². The summed E-state index contributed by atoms with van der Waals surface area (Å²) in [7, 11) is 0. The first-order valence-electron chi connectivity index (χ1n) is 10.6. The van der Waals surface area contributed by atoms with Crippen LogP contribution in [0.15, 0.2) is 48.5 Å². The SMILES string of the molecule is CCOc1ccc2nc(N3CCCN(C(=S)Nc4ccccc4F)CC3)c(C#N)cc2c1.Cl. The van der Waals surface area contributed by atoms with Gasteiger partial charge in [-0.3, -0.25) is 0 Å². The molecule has 33 heavy (non-hydrogen) atoms. The fourth-order valence-electron chi connectivity index (χ4n) is 3.81. The van der Waals surface area contributed by atoms with Crippen LogP contribution >= 0.6 is 24.6 Å². The summed E-state index contributed by atoms with van der Waals surface area (Å²) >= 11 is 5.53. The summed E-state index contributed by atoms with van der Waals surface area (Å²) in [5.41, 5.74) is 1.72. The number of hydrogen-bond acceptors (Lipinski definition) is 5. The largest absolute Gasteiger partial charge is 0.494 e. The van der Waals surface area contributed by atoms with Gasteiger partial charge in [0, 0.05) is 31.6 Å². The number of nitrogens with one attached hydrogen (secondary N) is 1. The number of para-hydroxylation sites is 1. The highest BCUT2D eigenvalue weighted by molar-refractivity contribution is 7.80. The Kier molecular flexibility index (Phi) is 8.26. The Bertz CT molecular complexity index is 1190. The lowest BCUT2D eigenvalue weighted by molar-refractivity contribution is 0.340. The summed E-state index contributed by atoms with van der Waals surface area (Å²) in [6, 6.07) is 16.4. The van der Waals surface area contributed by atoms with Crippen LogP contribution in [0, 0.1) is 17.1 Å². The molecule has 1 aliphatic heterocycles. The average Bonchev–Trinajstić information content (AvgIpc) is 3.06. The monoisotopic (exact) mass is 485 g/mol. The van der Waals surface area contributed by atoms with Gasteiger partial charge in [-0.25, -0.2) is 9.37 Å². The zero-order valence-corrected chi connectivity index (χ0v) is 19.9. The Morgan fingerprint density at radius 3 is 2.76 bits per heavy atom. The molecule has 3 aromatic rings. The van der Waals surface area contributed by atoms with Crippen molar-refractivity contribution < 1.29 is 9.13 Å². The van der Waals surface area contributed by atoms with Crippen LogP contribution in [-0.2, 0) is 0 Å². The van der Waals surface area contributed by atoms with E-state index < -0.39 is 0 Å². The summed E-state index contributed by atoms with van der Waals surface area (Å²) in [5, 5.41) is 14.1. The number of thiocarbonyl (C=S) groups is 1. The lowest BCUT2D eigenvalue weighted by atomic mass is 10.1. The van der Waals surface area contributed by atoms with Gasteiger partial charge in [-0.2, -0.15) is 5.26 Å². The standard InChI is InChI=1S/C24H24FN5OS.ClH/c1-2-31-19-8-9-21-17(15-19)14-18(16-26)23(27-21)29-10-5-11-30(13-12-29)24(32)28-22-7-4-3-6-20(22)25;/h3-4,6-9,14-15H,2,5,10-13H2,1H3,(H,28,32);1H. The molecule has 0 spiro atoms. The Morgan fingerprint density at radius 1 is 1.18 bits per heavy atom. The maximum absolute atomic E-state index is 14.0. The minimum absolute atomic E-state index is 0. The van der Waals surface area contributed by atoms with E-state index in [1.165, 1.54) is 6.07 Å². The summed E-state index contributed by atoms with van der Waals surface area (Å²) in [5.74, 6) is 1.11. The molecule has 0 bridgehead atoms. The first kappa shape index (κ1) is 24.5. The van der Waals surface area contributed by atoms with E-state index in [0.29, 0.717) is 41.9 Å². The Labute approximate surface area is 204 Å². The van der Waals surface area contributed by atoms with E-state index in [-0.39, 0.29) is 18.2 Å². The van der Waals surface area contributed by atoms with Crippen LogP contribution in [0.25, 0.3) is 10.9 Å². The number of rotatable bonds is 4. The van der Waals surface area contributed by atoms with Crippen LogP contribution in [0.1, 0.15) is 18.9 Å². The van der Waals surface area contributed by atoms with Crippen LogP contribution in [0.5, 0.6) is 5.75 Å². The van der Waals surface area contributed by atoms with Crippen molar-refractivity contribution in [2.75, 3.05) is 43.0 Å². The minimum atomic E-state index is -0.335. The molecule has 0 amide bonds. The Morgan fingerprint density at radius 2 is 2.00 bits per heavy atom. The first-order valence-corrected chi connectivity index (χ1v) is 11.0. The van der Waals surface area contributed by atoms with Crippen molar-refractivity contribution in [1.82, 2.24) is 9.88 Å². The number of nitriles is 1. The van der Waals surface area contributed by atoms with E-state index in [1.54, 1.807) is 18.2 Å². The van der Waals surface area contributed by atoms with Crippen molar-refractivity contribution in [2.45, 2.75) is 13.3 Å². The van der Waals surface area contributed by atoms with Gasteiger partial charge in [0.2, 0.25) is 0 Å². The fourth-order valence-corrected chi connectivity index (χ4v) is 4.11. The number of pyridine rings is 1. The lowest BCUT2D eigenvalue weighted by Gasteiger charge is -2.25. The van der Waals surface area contributed by atoms with Crippen molar-refractivity contribution in [2.24, 2.45) is 0 Å². The maximum Gasteiger partial charge on any atom is 0.173 e. The summed E-state index contributed by atoms with van der Waals surface area (Å²) in [6.45, 7) is 5.32. The topological polar surface area (TPSA) is 64.4 Å². The van der Waals surface area contributed by atoms with Crippen molar-refractivity contribution in [3.63, 3.8) is 0 Å². The van der Waals surface area contributed by atoms with Gasteiger partial charge < -0.3 is 19.9 Å². The van der Waals surface area contributed by atoms with Crippen molar-refractivity contribution in [3.05, 3.63) is 59.9 Å². The highest BCUT2D eigenvalue weighted by atomic mass is 35.5. The predicted molar refractivity (Wildman–Crippen MR) is 136 cm³/mol. The van der Waals surface area contributed by atoms with Gasteiger partial charge in [0.05, 0.1) is 23.4 Å². The molecule has 6 nitrogen and oxygen atoms in total. The summed E-state index contributed by atoms with van der Waals surface area (Å²) in [6.07, 6.45) is 0.840. The molecule has 172 valence electrons. The number of aromatic nitrogens is 1. The van der Waals surface area contributed by atoms with Gasteiger partial charge in [-0.15, -0.1) is 12.4 Å². The van der Waals surface area contributed by atoms with Crippen molar-refractivity contribution in [1.29, 1.82) is 5.26 Å². The first-order chi connectivity index (χ1) is 15.6. The normalized spacial score (nSPS) is 13.6. The molecule has 0 saturated carbocycles. The average molecular weight is 486 g/mol. The Balaban J connectivity index is 0.00000306. The fraction of sp³-hybridized carbons (Fsp3) is 0.292. The second kappa shape index (κ2) is 11.1. The predicted octanol–water partition coefficient (Wildman–Crippen LogP) is 4.98. The molecular formula is C24H25ClFN5OS. The zero-order chi connectivity index (χ0) is 22.5. The third-order valence-corrected chi connectivity index (χ3v) is 5.76. The van der Waals surface area contributed by atoms with Crippen LogP contribution in [0.3, 0.4) is 0 Å². The summed E-state index contributed by atoms with van der Waals surface area (Å²) < 4.78 is 19.5. The second-order valence-electron chi connectivity index (χ2n) is 7.50. The molecule has 2 aromatic carbocycles. The molecule has 1 N–H and O–H groups in total. The molecule has 2 heterocycles. The quantitative estimate of drug-likeness (QED) is 0.523. The highest BCUT2D eigenvalue weighted by Crippen LogP contribution is 2.27.